The molecule has 1 aromatic carbocycles. The van der Waals surface area contributed by atoms with Gasteiger partial charge >= 0.3 is 11.8 Å². The molecule has 0 atom stereocenters. The van der Waals surface area contributed by atoms with Gasteiger partial charge in [0.05, 0.1) is 16.8 Å². The summed E-state index contributed by atoms with van der Waals surface area (Å²) in [6, 6.07) is 2.88. The molecule has 18 heavy (non-hydrogen) atoms. The quantitative estimate of drug-likeness (QED) is 0.627. The first-order chi connectivity index (χ1) is 8.45. The molecule has 1 aromatic rings. The van der Waals surface area contributed by atoms with Gasteiger partial charge in [-0.05, 0) is 6.07 Å². The van der Waals surface area contributed by atoms with Crippen LogP contribution >= 0.6 is 11.6 Å². The Morgan fingerprint density at radius 3 is 2.56 bits per heavy atom. The number of carbonyl (C=O) groups excluding carboxylic acids is 2. The van der Waals surface area contributed by atoms with Crippen molar-refractivity contribution >= 4 is 29.1 Å². The van der Waals surface area contributed by atoms with Crippen molar-refractivity contribution in [1.29, 1.82) is 5.26 Å². The van der Waals surface area contributed by atoms with E-state index >= 15 is 0 Å². The molecule has 94 valence electrons. The molecule has 0 saturated carbocycles. The van der Waals surface area contributed by atoms with E-state index in [9.17, 15) is 18.4 Å². The van der Waals surface area contributed by atoms with Crippen molar-refractivity contribution in [3.05, 3.63) is 28.8 Å². The molecule has 0 aliphatic carbocycles. The summed E-state index contributed by atoms with van der Waals surface area (Å²) in [5.41, 5.74) is -0.504. The fraction of sp³-hybridized carbons (Fsp3) is 0.100. The highest BCUT2D eigenvalue weighted by molar-refractivity contribution is 6.41. The van der Waals surface area contributed by atoms with Crippen LogP contribution in [0.5, 0.6) is 0 Å². The van der Waals surface area contributed by atoms with Gasteiger partial charge in [0.2, 0.25) is 0 Å². The number of halogens is 3. The zero-order valence-electron chi connectivity index (χ0n) is 8.76. The van der Waals surface area contributed by atoms with Gasteiger partial charge in [-0.3, -0.25) is 9.59 Å². The van der Waals surface area contributed by atoms with Crippen LogP contribution in [0.1, 0.15) is 0 Å². The van der Waals surface area contributed by atoms with Gasteiger partial charge in [-0.15, -0.1) is 0 Å². The molecule has 8 heteroatoms. The number of nitriles is 1. The third-order valence-electron chi connectivity index (χ3n) is 1.78. The predicted octanol–water partition coefficient (Wildman–Crippen LogP) is 1.20. The standard InChI is InChI=1S/C10H6ClF2N3O2/c11-6-3-5(12)4-7(13)8(6)16-10(18)9(17)15-2-1-14/h3-4H,2H2,(H,15,17)(H,16,18). The van der Waals surface area contributed by atoms with Crippen LogP contribution in [0, 0.1) is 23.0 Å². The molecule has 0 aliphatic rings. The van der Waals surface area contributed by atoms with Crippen molar-refractivity contribution in [2.45, 2.75) is 0 Å². The Balaban J connectivity index is 2.83. The van der Waals surface area contributed by atoms with E-state index in [1.165, 1.54) is 0 Å². The Kier molecular flexibility index (Phi) is 4.57. The summed E-state index contributed by atoms with van der Waals surface area (Å²) in [4.78, 5) is 22.3. The Labute approximate surface area is 105 Å². The maximum absolute atomic E-state index is 13.3. The molecule has 0 spiro atoms. The molecule has 0 bridgehead atoms. The van der Waals surface area contributed by atoms with Crippen LogP contribution in [0.15, 0.2) is 12.1 Å². The van der Waals surface area contributed by atoms with Crippen LogP contribution in [-0.2, 0) is 9.59 Å². The number of nitrogens with zero attached hydrogens (tertiary/aromatic N) is 1. The second kappa shape index (κ2) is 5.93. The van der Waals surface area contributed by atoms with E-state index in [2.05, 4.69) is 0 Å². The summed E-state index contributed by atoms with van der Waals surface area (Å²) >= 11 is 5.51. The number of hydrogen-bond acceptors (Lipinski definition) is 3. The van der Waals surface area contributed by atoms with Crippen molar-refractivity contribution < 1.29 is 18.4 Å². The Morgan fingerprint density at radius 1 is 1.33 bits per heavy atom. The van der Waals surface area contributed by atoms with Crippen LogP contribution in [0.25, 0.3) is 0 Å². The van der Waals surface area contributed by atoms with Gasteiger partial charge in [0.1, 0.15) is 12.4 Å². The van der Waals surface area contributed by atoms with E-state index in [1.54, 1.807) is 6.07 Å². The molecule has 2 N–H and O–H groups in total. The van der Waals surface area contributed by atoms with E-state index in [4.69, 9.17) is 16.9 Å². The first-order valence-corrected chi connectivity index (χ1v) is 4.94. The number of hydrogen-bond donors (Lipinski definition) is 2. The Hall–Kier alpha value is -2.20. The van der Waals surface area contributed by atoms with E-state index in [1.807, 2.05) is 10.6 Å². The largest absolute Gasteiger partial charge is 0.335 e. The zero-order chi connectivity index (χ0) is 13.7. The molecular weight excluding hydrogens is 268 g/mol. The van der Waals surface area contributed by atoms with Gasteiger partial charge in [-0.1, -0.05) is 11.6 Å². The van der Waals surface area contributed by atoms with Crippen molar-refractivity contribution in [3.63, 3.8) is 0 Å². The molecule has 1 rings (SSSR count). The highest BCUT2D eigenvalue weighted by atomic mass is 35.5. The molecule has 5 nitrogen and oxygen atoms in total. The molecule has 0 saturated heterocycles. The first-order valence-electron chi connectivity index (χ1n) is 4.56. The minimum absolute atomic E-state index is 0.369. The van der Waals surface area contributed by atoms with Gasteiger partial charge in [0.25, 0.3) is 0 Å². The highest BCUT2D eigenvalue weighted by Crippen LogP contribution is 2.26. The molecular formula is C10H6ClF2N3O2. The lowest BCUT2D eigenvalue weighted by Crippen LogP contribution is -2.35. The van der Waals surface area contributed by atoms with Gasteiger partial charge in [0.15, 0.2) is 5.82 Å². The average molecular weight is 274 g/mol. The summed E-state index contributed by atoms with van der Waals surface area (Å²) in [5.74, 6) is -4.36. The van der Waals surface area contributed by atoms with Gasteiger partial charge in [-0.2, -0.15) is 5.26 Å². The van der Waals surface area contributed by atoms with E-state index in [0.717, 1.165) is 6.07 Å². The average Bonchev–Trinajstić information content (AvgIpc) is 2.30. The van der Waals surface area contributed by atoms with Crippen molar-refractivity contribution in [3.8, 4) is 6.07 Å². The first kappa shape index (κ1) is 13.9. The monoisotopic (exact) mass is 273 g/mol. The Morgan fingerprint density at radius 2 is 2.00 bits per heavy atom. The lowest BCUT2D eigenvalue weighted by molar-refractivity contribution is -0.136. The molecule has 0 heterocycles. The van der Waals surface area contributed by atoms with Crippen molar-refractivity contribution in [2.24, 2.45) is 0 Å². The van der Waals surface area contributed by atoms with E-state index in [-0.39, 0.29) is 11.6 Å². The number of rotatable bonds is 2. The van der Waals surface area contributed by atoms with Crippen LogP contribution in [0.2, 0.25) is 5.02 Å². The third-order valence-corrected chi connectivity index (χ3v) is 2.08. The lowest BCUT2D eigenvalue weighted by atomic mass is 10.3. The smallest absolute Gasteiger partial charge is 0.313 e. The molecule has 0 fully saturated rings. The van der Waals surface area contributed by atoms with Gasteiger partial charge in [-0.25, -0.2) is 8.78 Å². The predicted molar refractivity (Wildman–Crippen MR) is 58.6 cm³/mol. The fourth-order valence-electron chi connectivity index (χ4n) is 1.03. The van der Waals surface area contributed by atoms with Crippen LogP contribution in [0.3, 0.4) is 0 Å². The van der Waals surface area contributed by atoms with Crippen molar-refractivity contribution in [1.82, 2.24) is 5.32 Å². The molecule has 0 aromatic heterocycles. The normalized spacial score (nSPS) is 9.44. The molecule has 0 radical (unpaired) electrons. The van der Waals surface area contributed by atoms with E-state index < -0.39 is 29.1 Å². The molecule has 0 unspecified atom stereocenters. The Bertz CT molecular complexity index is 519. The molecule has 2 amide bonds. The zero-order valence-corrected chi connectivity index (χ0v) is 9.52. The minimum atomic E-state index is -1.21. The number of nitrogens with one attached hydrogen (secondary N) is 2. The van der Waals surface area contributed by atoms with Gasteiger partial charge < -0.3 is 10.6 Å². The minimum Gasteiger partial charge on any atom is -0.335 e. The maximum atomic E-state index is 13.3. The summed E-state index contributed by atoms with van der Waals surface area (Å²) in [6.07, 6.45) is 0. The number of anilines is 1. The summed E-state index contributed by atoms with van der Waals surface area (Å²) in [6.45, 7) is -0.369. The number of amides is 2. The van der Waals surface area contributed by atoms with Crippen LogP contribution in [-0.4, -0.2) is 18.4 Å². The van der Waals surface area contributed by atoms with Crippen LogP contribution < -0.4 is 10.6 Å². The maximum Gasteiger partial charge on any atom is 0.313 e. The topological polar surface area (TPSA) is 82.0 Å². The number of benzene rings is 1. The fourth-order valence-corrected chi connectivity index (χ4v) is 1.27. The second-order valence-corrected chi connectivity index (χ2v) is 3.45. The van der Waals surface area contributed by atoms with E-state index in [0.29, 0.717) is 6.07 Å². The lowest BCUT2D eigenvalue weighted by Gasteiger charge is -2.07. The molecule has 0 aliphatic heterocycles. The SMILES string of the molecule is N#CCNC(=O)C(=O)Nc1c(F)cc(F)cc1Cl. The van der Waals surface area contributed by atoms with Crippen molar-refractivity contribution in [2.75, 3.05) is 11.9 Å². The highest BCUT2D eigenvalue weighted by Gasteiger charge is 2.18. The third kappa shape index (κ3) is 3.40. The summed E-state index contributed by atoms with van der Waals surface area (Å²) in [5, 5.41) is 11.6. The number of carbonyl (C=O) groups is 2. The van der Waals surface area contributed by atoms with Gasteiger partial charge in [0, 0.05) is 6.07 Å². The second-order valence-electron chi connectivity index (χ2n) is 3.04. The van der Waals surface area contributed by atoms with Crippen LogP contribution in [0.4, 0.5) is 14.5 Å². The summed E-state index contributed by atoms with van der Waals surface area (Å²) in [7, 11) is 0. The summed E-state index contributed by atoms with van der Waals surface area (Å²) < 4.78 is 26.0.